The van der Waals surface area contributed by atoms with Crippen molar-refractivity contribution in [1.29, 1.82) is 0 Å². The van der Waals surface area contributed by atoms with Gasteiger partial charge in [-0.05, 0) is 49.8 Å². The van der Waals surface area contributed by atoms with Crippen molar-refractivity contribution in [2.24, 2.45) is 5.41 Å². The molecule has 3 rings (SSSR count). The number of thioether (sulfide) groups is 1. The number of amides is 1. The van der Waals surface area contributed by atoms with Crippen LogP contribution < -0.4 is 0 Å². The zero-order valence-electron chi connectivity index (χ0n) is 14.1. The Morgan fingerprint density at radius 3 is 2.79 bits per heavy atom. The van der Waals surface area contributed by atoms with E-state index in [1.54, 1.807) is 17.8 Å². The Kier molecular flexibility index (Phi) is 5.45. The second kappa shape index (κ2) is 7.40. The van der Waals surface area contributed by atoms with Crippen molar-refractivity contribution in [3.05, 3.63) is 35.4 Å². The molecule has 0 aromatic heterocycles. The van der Waals surface area contributed by atoms with Crippen LogP contribution in [0.1, 0.15) is 24.8 Å². The number of carbonyl (C=O) groups is 1. The van der Waals surface area contributed by atoms with E-state index in [0.29, 0.717) is 12.3 Å². The van der Waals surface area contributed by atoms with Crippen molar-refractivity contribution in [1.82, 2.24) is 9.80 Å². The van der Waals surface area contributed by atoms with Gasteiger partial charge in [0, 0.05) is 31.6 Å². The van der Waals surface area contributed by atoms with Crippen LogP contribution in [0.15, 0.2) is 18.2 Å². The zero-order chi connectivity index (χ0) is 17.2. The molecule has 0 bridgehead atoms. The largest absolute Gasteiger partial charge is 0.341 e. The Labute approximate surface area is 146 Å². The van der Waals surface area contributed by atoms with Crippen LogP contribution in [-0.4, -0.2) is 53.9 Å². The Morgan fingerprint density at radius 1 is 1.21 bits per heavy atom. The lowest BCUT2D eigenvalue weighted by Crippen LogP contribution is -2.45. The maximum Gasteiger partial charge on any atom is 0.232 e. The third-order valence-electron chi connectivity index (χ3n) is 5.19. The summed E-state index contributed by atoms with van der Waals surface area (Å²) in [6, 6.07) is 4.14. The lowest BCUT2D eigenvalue weighted by atomic mass is 9.79. The first kappa shape index (κ1) is 17.7. The van der Waals surface area contributed by atoms with E-state index in [2.05, 4.69) is 4.90 Å². The van der Waals surface area contributed by atoms with Gasteiger partial charge in [-0.2, -0.15) is 11.8 Å². The van der Waals surface area contributed by atoms with Gasteiger partial charge in [0.05, 0.1) is 5.75 Å². The number of halogens is 2. The standard InChI is InChI=1S/C18H24F2N2OS/c1-24-11-17(23)22-8-6-18(13-22)5-2-7-21(12-18)10-14-3-4-15(19)16(20)9-14/h3-4,9H,2,5-8,10-13H2,1H3/t18-/m1/s1. The van der Waals surface area contributed by atoms with Gasteiger partial charge in [-0.3, -0.25) is 9.69 Å². The second-order valence-corrected chi connectivity index (χ2v) is 7.93. The lowest BCUT2D eigenvalue weighted by Gasteiger charge is -2.40. The van der Waals surface area contributed by atoms with Crippen molar-refractivity contribution in [2.75, 3.05) is 38.2 Å². The van der Waals surface area contributed by atoms with E-state index in [9.17, 15) is 13.6 Å². The molecule has 1 aromatic carbocycles. The fraction of sp³-hybridized carbons (Fsp3) is 0.611. The van der Waals surface area contributed by atoms with Crippen LogP contribution in [0.4, 0.5) is 8.78 Å². The molecule has 1 atom stereocenters. The van der Waals surface area contributed by atoms with Crippen LogP contribution in [0.5, 0.6) is 0 Å². The van der Waals surface area contributed by atoms with Gasteiger partial charge in [0.25, 0.3) is 0 Å². The summed E-state index contributed by atoms with van der Waals surface area (Å²) >= 11 is 1.57. The minimum Gasteiger partial charge on any atom is -0.341 e. The molecular weight excluding hydrogens is 330 g/mol. The highest BCUT2D eigenvalue weighted by Crippen LogP contribution is 2.39. The van der Waals surface area contributed by atoms with E-state index in [1.807, 2.05) is 11.2 Å². The number of hydrogen-bond acceptors (Lipinski definition) is 3. The fourth-order valence-electron chi connectivity index (χ4n) is 4.04. The highest BCUT2D eigenvalue weighted by molar-refractivity contribution is 7.99. The maximum absolute atomic E-state index is 13.4. The third-order valence-corrected chi connectivity index (χ3v) is 5.73. The predicted octanol–water partition coefficient (Wildman–Crippen LogP) is 3.14. The van der Waals surface area contributed by atoms with Crippen LogP contribution in [0.3, 0.4) is 0 Å². The SMILES string of the molecule is CSCC(=O)N1CC[C@@]2(CCCN(Cc3ccc(F)c(F)c3)C2)C1. The summed E-state index contributed by atoms with van der Waals surface area (Å²) in [5.74, 6) is -0.798. The quantitative estimate of drug-likeness (QED) is 0.830. The number of carbonyl (C=O) groups excluding carboxylic acids is 1. The first-order valence-electron chi connectivity index (χ1n) is 8.44. The number of hydrogen-bond donors (Lipinski definition) is 0. The number of benzene rings is 1. The number of likely N-dealkylation sites (tertiary alicyclic amines) is 2. The molecule has 0 saturated carbocycles. The van der Waals surface area contributed by atoms with E-state index >= 15 is 0 Å². The van der Waals surface area contributed by atoms with Gasteiger partial charge in [-0.1, -0.05) is 6.07 Å². The van der Waals surface area contributed by atoms with E-state index in [4.69, 9.17) is 0 Å². The summed E-state index contributed by atoms with van der Waals surface area (Å²) in [5, 5.41) is 0. The van der Waals surface area contributed by atoms with Gasteiger partial charge >= 0.3 is 0 Å². The molecule has 0 unspecified atom stereocenters. The van der Waals surface area contributed by atoms with Gasteiger partial charge < -0.3 is 4.90 Å². The molecule has 2 saturated heterocycles. The average molecular weight is 354 g/mol. The number of rotatable bonds is 4. The topological polar surface area (TPSA) is 23.6 Å². The third kappa shape index (κ3) is 3.91. The van der Waals surface area contributed by atoms with Crippen LogP contribution >= 0.6 is 11.8 Å². The summed E-state index contributed by atoms with van der Waals surface area (Å²) in [6.07, 6.45) is 5.23. The predicted molar refractivity (Wildman–Crippen MR) is 92.9 cm³/mol. The number of piperidine rings is 1. The summed E-state index contributed by atoms with van der Waals surface area (Å²) < 4.78 is 26.5. The van der Waals surface area contributed by atoms with Gasteiger partial charge in [0.15, 0.2) is 11.6 Å². The fourth-order valence-corrected chi connectivity index (χ4v) is 4.47. The summed E-state index contributed by atoms with van der Waals surface area (Å²) in [5.41, 5.74) is 0.976. The van der Waals surface area contributed by atoms with Gasteiger partial charge in [-0.25, -0.2) is 8.78 Å². The highest BCUT2D eigenvalue weighted by Gasteiger charge is 2.42. The molecule has 2 aliphatic heterocycles. The molecule has 2 aliphatic rings. The molecule has 132 valence electrons. The van der Waals surface area contributed by atoms with Crippen LogP contribution in [0.25, 0.3) is 0 Å². The summed E-state index contributed by atoms with van der Waals surface area (Å²) in [7, 11) is 0. The molecule has 0 aliphatic carbocycles. The summed E-state index contributed by atoms with van der Waals surface area (Å²) in [6.45, 7) is 4.21. The molecule has 2 fully saturated rings. The Balaban J connectivity index is 1.62. The van der Waals surface area contributed by atoms with Gasteiger partial charge in [-0.15, -0.1) is 0 Å². The van der Waals surface area contributed by atoms with E-state index in [-0.39, 0.29) is 11.3 Å². The van der Waals surface area contributed by atoms with Crippen LogP contribution in [0, 0.1) is 17.0 Å². The van der Waals surface area contributed by atoms with E-state index in [1.165, 1.54) is 12.1 Å². The smallest absolute Gasteiger partial charge is 0.232 e. The maximum atomic E-state index is 13.4. The second-order valence-electron chi connectivity index (χ2n) is 7.06. The first-order chi connectivity index (χ1) is 11.5. The van der Waals surface area contributed by atoms with Gasteiger partial charge in [0.1, 0.15) is 0 Å². The van der Waals surface area contributed by atoms with Gasteiger partial charge in [0.2, 0.25) is 5.91 Å². The monoisotopic (exact) mass is 354 g/mol. The van der Waals surface area contributed by atoms with E-state index < -0.39 is 11.6 Å². The lowest BCUT2D eigenvalue weighted by molar-refractivity contribution is -0.127. The minimum absolute atomic E-state index is 0.172. The molecule has 3 nitrogen and oxygen atoms in total. The zero-order valence-corrected chi connectivity index (χ0v) is 14.9. The van der Waals surface area contributed by atoms with Crippen molar-refractivity contribution in [2.45, 2.75) is 25.8 Å². The van der Waals surface area contributed by atoms with Crippen molar-refractivity contribution < 1.29 is 13.6 Å². The number of nitrogens with zero attached hydrogens (tertiary/aromatic N) is 2. The van der Waals surface area contributed by atoms with Crippen molar-refractivity contribution in [3.63, 3.8) is 0 Å². The molecule has 24 heavy (non-hydrogen) atoms. The van der Waals surface area contributed by atoms with Crippen LogP contribution in [0.2, 0.25) is 0 Å². The van der Waals surface area contributed by atoms with E-state index in [0.717, 1.165) is 51.0 Å². The molecular formula is C18H24F2N2OS. The Morgan fingerprint density at radius 2 is 2.04 bits per heavy atom. The Hall–Kier alpha value is -1.14. The highest BCUT2D eigenvalue weighted by atomic mass is 32.2. The Bertz CT molecular complexity index is 613. The van der Waals surface area contributed by atoms with Crippen molar-refractivity contribution in [3.8, 4) is 0 Å². The van der Waals surface area contributed by atoms with Crippen molar-refractivity contribution >= 4 is 17.7 Å². The normalized spacial score (nSPS) is 24.7. The first-order valence-corrected chi connectivity index (χ1v) is 9.84. The molecule has 6 heteroatoms. The minimum atomic E-state index is -0.799. The summed E-state index contributed by atoms with van der Waals surface area (Å²) in [4.78, 5) is 16.4. The molecule has 1 aromatic rings. The van der Waals surface area contributed by atoms with Crippen LogP contribution in [-0.2, 0) is 11.3 Å². The molecule has 1 spiro atoms. The molecule has 2 heterocycles. The molecule has 0 N–H and O–H groups in total. The average Bonchev–Trinajstić information content (AvgIpc) is 2.95. The molecule has 0 radical (unpaired) electrons. The molecule has 1 amide bonds.